The van der Waals surface area contributed by atoms with Gasteiger partial charge in [-0.15, -0.1) is 5.92 Å². The molecule has 16 atom stereocenters. The van der Waals surface area contributed by atoms with Crippen molar-refractivity contribution in [2.75, 3.05) is 31.7 Å². The molecule has 9 aliphatic rings. The number of aliphatic hydroxyl groups is 2. The quantitative estimate of drug-likeness (QED) is 0.200. The molecular weight excluding hydrogens is 775 g/mol. The van der Waals surface area contributed by atoms with Crippen LogP contribution in [0.1, 0.15) is 142 Å². The molecule has 1 heterocycles. The molecule has 1 saturated heterocycles. The smallest absolute Gasteiger partial charge is 0.303 e. The van der Waals surface area contributed by atoms with Crippen LogP contribution in [-0.2, 0) is 19.1 Å². The number of rotatable bonds is 10. The van der Waals surface area contributed by atoms with Gasteiger partial charge in [0.15, 0.2) is 5.78 Å². The second-order valence-corrected chi connectivity index (χ2v) is 22.6. The van der Waals surface area contributed by atoms with Gasteiger partial charge in [-0.3, -0.25) is 9.59 Å². The molecule has 1 spiro atoms. The summed E-state index contributed by atoms with van der Waals surface area (Å²) in [4.78, 5) is 26.3. The van der Waals surface area contributed by atoms with E-state index in [2.05, 4.69) is 68.8 Å². The molecule has 0 radical (unpaired) electrons. The Kier molecular flexibility index (Phi) is 11.0. The molecule has 8 aliphatic carbocycles. The molecule has 10 rings (SSSR count). The fourth-order valence-corrected chi connectivity index (χ4v) is 17.1. The highest BCUT2D eigenvalue weighted by molar-refractivity contribution is 5.93. The van der Waals surface area contributed by atoms with E-state index in [1.54, 1.807) is 5.57 Å². The van der Waals surface area contributed by atoms with Crippen LogP contribution in [0.15, 0.2) is 47.1 Å². The van der Waals surface area contributed by atoms with Crippen molar-refractivity contribution in [3.63, 3.8) is 0 Å². The lowest BCUT2D eigenvalue weighted by Crippen LogP contribution is -2.64. The van der Waals surface area contributed by atoms with Gasteiger partial charge in [0.05, 0.1) is 31.5 Å². The van der Waals surface area contributed by atoms with E-state index in [-0.39, 0.29) is 69.9 Å². The zero-order valence-electron chi connectivity index (χ0n) is 38.2. The van der Waals surface area contributed by atoms with Crippen molar-refractivity contribution in [3.8, 4) is 11.8 Å². The zero-order valence-corrected chi connectivity index (χ0v) is 38.2. The van der Waals surface area contributed by atoms with E-state index in [0.717, 1.165) is 90.2 Å². The summed E-state index contributed by atoms with van der Waals surface area (Å²) in [7, 11) is 2.17. The van der Waals surface area contributed by atoms with Crippen LogP contribution in [0.2, 0.25) is 0 Å². The number of fused-ring (bicyclic) bond motifs is 8. The molecule has 0 aromatic heterocycles. The van der Waals surface area contributed by atoms with Gasteiger partial charge in [0.25, 0.3) is 0 Å². The van der Waals surface area contributed by atoms with Gasteiger partial charge in [0.2, 0.25) is 0 Å². The molecule has 2 unspecified atom stereocenters. The summed E-state index contributed by atoms with van der Waals surface area (Å²) in [5.41, 5.74) is 6.59. The largest absolute Gasteiger partial charge is 0.481 e. The van der Waals surface area contributed by atoms with Crippen molar-refractivity contribution >= 4 is 17.4 Å². The first-order valence-electron chi connectivity index (χ1n) is 24.8. The lowest BCUT2D eigenvalue weighted by atomic mass is 9.43. The Labute approximate surface area is 370 Å². The predicted molar refractivity (Wildman–Crippen MR) is 240 cm³/mol. The number of carboxylic acid groups (broad SMARTS) is 1. The van der Waals surface area contributed by atoms with E-state index < -0.39 is 12.1 Å². The van der Waals surface area contributed by atoms with Crippen molar-refractivity contribution < 1.29 is 34.4 Å². The molecule has 0 amide bonds. The van der Waals surface area contributed by atoms with Gasteiger partial charge in [-0.2, -0.15) is 0 Å². The number of carbonyl (C=O) groups excluding carboxylic acids is 1. The number of aliphatic hydroxyl groups excluding tert-OH is 2. The maximum absolute atomic E-state index is 12.6. The molecule has 1 aromatic carbocycles. The third-order valence-corrected chi connectivity index (χ3v) is 20.3. The van der Waals surface area contributed by atoms with E-state index in [9.17, 15) is 24.9 Å². The molecule has 62 heavy (non-hydrogen) atoms. The number of hydrogen-bond acceptors (Lipinski definition) is 7. The highest BCUT2D eigenvalue weighted by Crippen LogP contribution is 2.72. The average molecular weight is 848 g/mol. The Morgan fingerprint density at radius 3 is 2.53 bits per heavy atom. The van der Waals surface area contributed by atoms with E-state index in [1.165, 1.54) is 28.8 Å². The van der Waals surface area contributed by atoms with Gasteiger partial charge in [0.1, 0.15) is 5.60 Å². The number of hydrogen-bond donors (Lipinski definition) is 3. The van der Waals surface area contributed by atoms with Crippen LogP contribution in [0.4, 0.5) is 5.69 Å². The van der Waals surface area contributed by atoms with Crippen molar-refractivity contribution in [2.45, 2.75) is 160 Å². The minimum absolute atomic E-state index is 0.0749. The number of benzene rings is 1. The summed E-state index contributed by atoms with van der Waals surface area (Å²) in [6.45, 7) is 11.1. The third-order valence-electron chi connectivity index (χ3n) is 20.3. The van der Waals surface area contributed by atoms with Crippen LogP contribution < -0.4 is 4.90 Å². The monoisotopic (exact) mass is 848 g/mol. The topological polar surface area (TPSA) is 117 Å². The van der Waals surface area contributed by atoms with Gasteiger partial charge in [-0.1, -0.05) is 44.4 Å². The zero-order chi connectivity index (χ0) is 43.3. The van der Waals surface area contributed by atoms with Crippen molar-refractivity contribution in [2.24, 2.45) is 63.6 Å². The molecule has 0 bridgehead atoms. The Balaban J connectivity index is 0.786. The van der Waals surface area contributed by atoms with Crippen molar-refractivity contribution in [3.05, 3.63) is 52.6 Å². The summed E-state index contributed by atoms with van der Waals surface area (Å²) in [6, 6.07) is 9.33. The first kappa shape index (κ1) is 43.0. The van der Waals surface area contributed by atoms with Crippen molar-refractivity contribution in [1.29, 1.82) is 0 Å². The second-order valence-electron chi connectivity index (χ2n) is 22.6. The third kappa shape index (κ3) is 6.50. The number of carbonyl (C=O) groups is 2. The molecule has 1 aromatic rings. The van der Waals surface area contributed by atoms with Crippen molar-refractivity contribution in [1.82, 2.24) is 0 Å². The van der Waals surface area contributed by atoms with Crippen LogP contribution in [0.3, 0.4) is 0 Å². The standard InChI is InChI=1S/C54H73NO7/c1-6-21-54-23-20-43-40-14-10-34-26-37(56)13-15-39(34)49(40)41(30-53(43,54)31-62-54)33-8-11-36(12-9-33)55(5)24-25-61-38-19-22-51(3)35(27-38)28-46(57)50-44-17-16-42(32(2)7-18-48(59)60)52(44,4)47(58)29-45(50)51/h8-9,11-12,26,32,35,38,40-47,50,57-58H,7,10,13-20,22-25,27-31H2,1-5H3,(H,59,60)/t32-,35+,38+,40?,41-,42-,43?,44+,45+,46-,47+,50+,51+,52-,53-,54+/m1/s1. The first-order valence-corrected chi connectivity index (χ1v) is 24.8. The molecule has 8 heteroatoms. The number of carboxylic acids is 1. The van der Waals surface area contributed by atoms with Crippen LogP contribution in [0, 0.1) is 75.4 Å². The molecular formula is C54H73NO7. The normalized spacial score (nSPS) is 44.4. The maximum Gasteiger partial charge on any atom is 0.303 e. The summed E-state index contributed by atoms with van der Waals surface area (Å²) >= 11 is 0. The lowest BCUT2D eigenvalue weighted by Gasteiger charge is -2.63. The fraction of sp³-hybridized carbons (Fsp3) is 0.741. The highest BCUT2D eigenvalue weighted by Gasteiger charge is 2.72. The number of likely N-dealkylation sites (N-methyl/N-ethyl adjacent to an activating group) is 1. The molecule has 1 aliphatic heterocycles. The SMILES string of the molecule is CC#C[C@]12CCC3C4CCC5=CC(=O)CCC5=C4[C@@H](c4ccc(N(C)CCO[C@H]5CC[C@@]6(C)[C@@H](C5)C[C@@H](O)[C@@H]5[C@@H]6C[C@H](O)[C@]6(C)[C@@H]([C@H](C)CCC(=O)O)CC[C@@H]56)cc4)C[C@@]31CO2. The molecule has 336 valence electrons. The van der Waals surface area contributed by atoms with Gasteiger partial charge in [-0.05, 0) is 190 Å². The minimum Gasteiger partial charge on any atom is -0.481 e. The van der Waals surface area contributed by atoms with Crippen LogP contribution in [0.5, 0.6) is 0 Å². The van der Waals surface area contributed by atoms with Crippen LogP contribution in [-0.4, -0.2) is 77.8 Å². The highest BCUT2D eigenvalue weighted by atomic mass is 16.5. The summed E-state index contributed by atoms with van der Waals surface area (Å²) in [5.74, 6) is 9.50. The number of ketones is 1. The second kappa shape index (κ2) is 15.9. The van der Waals surface area contributed by atoms with E-state index in [0.29, 0.717) is 49.0 Å². The summed E-state index contributed by atoms with van der Waals surface area (Å²) in [6.07, 6.45) is 15.7. The van der Waals surface area contributed by atoms with E-state index in [1.807, 2.05) is 13.0 Å². The van der Waals surface area contributed by atoms with Gasteiger partial charge < -0.3 is 29.7 Å². The number of anilines is 1. The Morgan fingerprint density at radius 2 is 1.79 bits per heavy atom. The fourth-order valence-electron chi connectivity index (χ4n) is 17.1. The number of ether oxygens (including phenoxy) is 2. The molecule has 6 saturated carbocycles. The molecule has 3 N–H and O–H groups in total. The summed E-state index contributed by atoms with van der Waals surface area (Å²) < 4.78 is 13.1. The Morgan fingerprint density at radius 1 is 0.984 bits per heavy atom. The number of aliphatic carboxylic acids is 1. The molecule has 7 fully saturated rings. The number of allylic oxidation sites excluding steroid dienone is 4. The van der Waals surface area contributed by atoms with Crippen LogP contribution in [0.25, 0.3) is 0 Å². The van der Waals surface area contributed by atoms with E-state index >= 15 is 0 Å². The Hall–Kier alpha value is -2.96. The molecule has 8 nitrogen and oxygen atoms in total. The minimum atomic E-state index is -0.747. The van der Waals surface area contributed by atoms with Gasteiger partial charge >= 0.3 is 5.97 Å². The van der Waals surface area contributed by atoms with E-state index in [4.69, 9.17) is 9.47 Å². The van der Waals surface area contributed by atoms with Gasteiger partial charge in [0, 0.05) is 43.5 Å². The lowest BCUT2D eigenvalue weighted by molar-refractivity contribution is -0.245. The summed E-state index contributed by atoms with van der Waals surface area (Å²) in [5, 5.41) is 33.3. The average Bonchev–Trinajstić information content (AvgIpc) is 3.72. The predicted octanol–water partition coefficient (Wildman–Crippen LogP) is 9.28. The van der Waals surface area contributed by atoms with Crippen LogP contribution >= 0.6 is 0 Å². The Bertz CT molecular complexity index is 2060. The van der Waals surface area contributed by atoms with Gasteiger partial charge in [-0.25, -0.2) is 0 Å². The maximum atomic E-state index is 12.6. The first-order chi connectivity index (χ1) is 29.7. The number of nitrogens with zero attached hydrogens (tertiary/aromatic N) is 1.